The molecule has 0 saturated heterocycles. The first-order valence-electron chi connectivity index (χ1n) is 6.17. The third-order valence-electron chi connectivity index (χ3n) is 3.11. The van der Waals surface area contributed by atoms with Crippen LogP contribution in [0.4, 0.5) is 4.79 Å². The van der Waals surface area contributed by atoms with Crippen LogP contribution in [-0.4, -0.2) is 30.2 Å². The molecule has 18 heavy (non-hydrogen) atoms. The number of carbonyl (C=O) groups excluding carboxylic acids is 1. The largest absolute Gasteiger partial charge is 0.481 e. The van der Waals surface area contributed by atoms with Gasteiger partial charge >= 0.3 is 12.0 Å². The number of rotatable bonds is 7. The van der Waals surface area contributed by atoms with Gasteiger partial charge in [0.05, 0.1) is 5.41 Å². The maximum atomic E-state index is 11.4. The summed E-state index contributed by atoms with van der Waals surface area (Å²) < 4.78 is 0. The molecular weight excluding hydrogens is 232 g/mol. The fourth-order valence-electron chi connectivity index (χ4n) is 1.55. The minimum absolute atomic E-state index is 0.140. The van der Waals surface area contributed by atoms with Crippen LogP contribution in [0.15, 0.2) is 0 Å². The molecule has 0 rings (SSSR count). The van der Waals surface area contributed by atoms with E-state index in [1.165, 1.54) is 0 Å². The second-order valence-corrected chi connectivity index (χ2v) is 4.08. The van der Waals surface area contributed by atoms with Crippen LogP contribution in [0.5, 0.6) is 0 Å². The van der Waals surface area contributed by atoms with Crippen molar-refractivity contribution in [3.8, 4) is 11.8 Å². The van der Waals surface area contributed by atoms with E-state index >= 15 is 0 Å². The first kappa shape index (κ1) is 16.3. The molecule has 0 atom stereocenters. The van der Waals surface area contributed by atoms with E-state index in [-0.39, 0.29) is 12.6 Å². The standard InChI is InChI=1S/C13H22N2O3/c1-4-7-8-9-14-12(18)15-10-13(5-2,6-3)11(16)17/h5-6,8-10H2,1-3H3,(H,16,17)(H2,14,15,18). The van der Waals surface area contributed by atoms with Crippen LogP contribution in [0.1, 0.15) is 40.0 Å². The highest BCUT2D eigenvalue weighted by Gasteiger charge is 2.34. The SMILES string of the molecule is CC#CCCNC(=O)NCC(CC)(CC)C(=O)O. The van der Waals surface area contributed by atoms with E-state index in [4.69, 9.17) is 0 Å². The number of carboxylic acids is 1. The van der Waals surface area contributed by atoms with Gasteiger partial charge < -0.3 is 15.7 Å². The van der Waals surface area contributed by atoms with Crippen LogP contribution in [0.3, 0.4) is 0 Å². The van der Waals surface area contributed by atoms with Crippen molar-refractivity contribution in [2.24, 2.45) is 5.41 Å². The number of carbonyl (C=O) groups is 2. The molecule has 5 heteroatoms. The summed E-state index contributed by atoms with van der Waals surface area (Å²) in [6, 6.07) is -0.347. The Hall–Kier alpha value is -1.70. The minimum atomic E-state index is -0.874. The molecule has 0 bridgehead atoms. The fourth-order valence-corrected chi connectivity index (χ4v) is 1.55. The molecule has 0 aromatic heterocycles. The van der Waals surface area contributed by atoms with Crippen molar-refractivity contribution in [2.45, 2.75) is 40.0 Å². The molecule has 0 spiro atoms. The van der Waals surface area contributed by atoms with Gasteiger partial charge in [0.15, 0.2) is 0 Å². The van der Waals surface area contributed by atoms with Crippen molar-refractivity contribution < 1.29 is 14.7 Å². The van der Waals surface area contributed by atoms with Gasteiger partial charge in [0.2, 0.25) is 0 Å². The fraction of sp³-hybridized carbons (Fsp3) is 0.692. The number of nitrogens with one attached hydrogen (secondary N) is 2. The van der Waals surface area contributed by atoms with Crippen LogP contribution in [0.25, 0.3) is 0 Å². The average molecular weight is 254 g/mol. The predicted molar refractivity (Wildman–Crippen MR) is 70.1 cm³/mol. The van der Waals surface area contributed by atoms with Crippen molar-refractivity contribution in [1.82, 2.24) is 10.6 Å². The quantitative estimate of drug-likeness (QED) is 0.477. The summed E-state index contributed by atoms with van der Waals surface area (Å²) in [4.78, 5) is 22.6. The smallest absolute Gasteiger partial charge is 0.314 e. The first-order valence-corrected chi connectivity index (χ1v) is 6.17. The molecule has 5 nitrogen and oxygen atoms in total. The molecule has 0 aliphatic carbocycles. The Balaban J connectivity index is 4.15. The molecule has 0 aromatic carbocycles. The second-order valence-electron chi connectivity index (χ2n) is 4.08. The summed E-state index contributed by atoms with van der Waals surface area (Å²) in [5.41, 5.74) is -0.874. The molecule has 0 fully saturated rings. The molecule has 0 aliphatic heterocycles. The Morgan fingerprint density at radius 3 is 2.28 bits per heavy atom. The van der Waals surface area contributed by atoms with Crippen LogP contribution < -0.4 is 10.6 Å². The van der Waals surface area contributed by atoms with E-state index in [2.05, 4.69) is 22.5 Å². The number of hydrogen-bond acceptors (Lipinski definition) is 2. The van der Waals surface area contributed by atoms with E-state index in [9.17, 15) is 14.7 Å². The average Bonchev–Trinajstić information content (AvgIpc) is 2.36. The maximum absolute atomic E-state index is 11.4. The highest BCUT2D eigenvalue weighted by Crippen LogP contribution is 2.25. The molecule has 0 radical (unpaired) electrons. The zero-order chi connectivity index (χ0) is 14.0. The van der Waals surface area contributed by atoms with Crippen molar-refractivity contribution in [3.05, 3.63) is 0 Å². The van der Waals surface area contributed by atoms with Gasteiger partial charge in [-0.25, -0.2) is 4.79 Å². The summed E-state index contributed by atoms with van der Waals surface area (Å²) in [5, 5.41) is 14.4. The van der Waals surface area contributed by atoms with Gasteiger partial charge in [0.25, 0.3) is 0 Å². The lowest BCUT2D eigenvalue weighted by Crippen LogP contribution is -2.45. The van der Waals surface area contributed by atoms with Gasteiger partial charge in [-0.2, -0.15) is 0 Å². The molecule has 0 unspecified atom stereocenters. The summed E-state index contributed by atoms with van der Waals surface area (Å²) >= 11 is 0. The van der Waals surface area contributed by atoms with Crippen LogP contribution in [0.2, 0.25) is 0 Å². The minimum Gasteiger partial charge on any atom is -0.481 e. The summed E-state index contributed by atoms with van der Waals surface area (Å²) in [5.74, 6) is 4.69. The summed E-state index contributed by atoms with van der Waals surface area (Å²) in [6.45, 7) is 5.97. The van der Waals surface area contributed by atoms with E-state index in [1.54, 1.807) is 6.92 Å². The zero-order valence-corrected chi connectivity index (χ0v) is 11.3. The Morgan fingerprint density at radius 1 is 1.22 bits per heavy atom. The molecule has 0 heterocycles. The first-order chi connectivity index (χ1) is 8.52. The third-order valence-corrected chi connectivity index (χ3v) is 3.11. The van der Waals surface area contributed by atoms with Gasteiger partial charge in [0.1, 0.15) is 0 Å². The lowest BCUT2D eigenvalue weighted by molar-refractivity contribution is -0.149. The Morgan fingerprint density at radius 2 is 1.83 bits per heavy atom. The maximum Gasteiger partial charge on any atom is 0.314 e. The highest BCUT2D eigenvalue weighted by atomic mass is 16.4. The monoisotopic (exact) mass is 254 g/mol. The summed E-state index contributed by atoms with van der Waals surface area (Å²) in [6.07, 6.45) is 1.57. The van der Waals surface area contributed by atoms with Gasteiger partial charge in [-0.1, -0.05) is 13.8 Å². The molecule has 0 saturated carbocycles. The Kier molecular flexibility index (Phi) is 7.61. The summed E-state index contributed by atoms with van der Waals surface area (Å²) in [7, 11) is 0. The number of amides is 2. The van der Waals surface area contributed by atoms with Crippen LogP contribution in [-0.2, 0) is 4.79 Å². The van der Waals surface area contributed by atoms with Crippen molar-refractivity contribution in [2.75, 3.05) is 13.1 Å². The third kappa shape index (κ3) is 5.09. The number of aliphatic carboxylic acids is 1. The lowest BCUT2D eigenvalue weighted by atomic mass is 9.82. The second kappa shape index (κ2) is 8.40. The van der Waals surface area contributed by atoms with Crippen molar-refractivity contribution in [1.29, 1.82) is 0 Å². The normalized spacial score (nSPS) is 10.2. The molecule has 0 aliphatic rings. The molecule has 3 N–H and O–H groups in total. The lowest BCUT2D eigenvalue weighted by Gasteiger charge is -2.26. The molecule has 102 valence electrons. The van der Waals surface area contributed by atoms with Gasteiger partial charge in [0, 0.05) is 19.5 Å². The van der Waals surface area contributed by atoms with E-state index in [1.807, 2.05) is 13.8 Å². The molecular formula is C13H22N2O3. The number of carboxylic acid groups (broad SMARTS) is 1. The van der Waals surface area contributed by atoms with Crippen LogP contribution >= 0.6 is 0 Å². The zero-order valence-electron chi connectivity index (χ0n) is 11.3. The van der Waals surface area contributed by atoms with Gasteiger partial charge in [-0.05, 0) is 19.8 Å². The molecule has 2 amide bonds. The molecule has 0 aromatic rings. The van der Waals surface area contributed by atoms with E-state index < -0.39 is 11.4 Å². The topological polar surface area (TPSA) is 78.4 Å². The van der Waals surface area contributed by atoms with Crippen molar-refractivity contribution >= 4 is 12.0 Å². The Bertz CT molecular complexity index is 338. The van der Waals surface area contributed by atoms with E-state index in [0.717, 1.165) is 0 Å². The number of hydrogen-bond donors (Lipinski definition) is 3. The van der Waals surface area contributed by atoms with Gasteiger partial charge in [-0.3, -0.25) is 4.79 Å². The highest BCUT2D eigenvalue weighted by molar-refractivity contribution is 5.78. The number of urea groups is 1. The van der Waals surface area contributed by atoms with E-state index in [0.29, 0.717) is 25.8 Å². The Labute approximate surface area is 108 Å². The van der Waals surface area contributed by atoms with Gasteiger partial charge in [-0.15, -0.1) is 11.8 Å². The van der Waals surface area contributed by atoms with Crippen molar-refractivity contribution in [3.63, 3.8) is 0 Å². The van der Waals surface area contributed by atoms with Crippen LogP contribution in [0, 0.1) is 17.3 Å². The predicted octanol–water partition coefficient (Wildman–Crippen LogP) is 1.59.